The Morgan fingerprint density at radius 2 is 1.53 bits per heavy atom. The van der Waals surface area contributed by atoms with Crippen LogP contribution in [0.3, 0.4) is 0 Å². The highest BCUT2D eigenvalue weighted by Gasteiger charge is 2.54. The molecule has 0 aromatic rings. The van der Waals surface area contributed by atoms with E-state index in [1.165, 1.54) is 6.08 Å². The molecule has 0 aliphatic carbocycles. The molecule has 0 radical (unpaired) electrons. The molecule has 6 heteroatoms. The predicted molar refractivity (Wildman–Crippen MR) is 138 cm³/mol. The highest BCUT2D eigenvalue weighted by atomic mass is 28.4. The van der Waals surface area contributed by atoms with Crippen molar-refractivity contribution >= 4 is 22.5 Å². The zero-order valence-electron chi connectivity index (χ0n) is 22.3. The number of likely N-dealkylation sites (N-methyl/N-ethyl adjacent to an activating group) is 1. The van der Waals surface area contributed by atoms with Crippen LogP contribution in [-0.2, 0) is 9.22 Å². The lowest BCUT2D eigenvalue weighted by Crippen LogP contribution is -2.71. The van der Waals surface area contributed by atoms with Gasteiger partial charge in [-0.2, -0.15) is 0 Å². The first-order chi connectivity index (χ1) is 13.5. The molecule has 0 saturated carbocycles. The van der Waals surface area contributed by atoms with E-state index in [1.807, 2.05) is 7.05 Å². The molecule has 0 saturated heterocycles. The van der Waals surface area contributed by atoms with Gasteiger partial charge in [-0.15, -0.1) is 0 Å². The summed E-state index contributed by atoms with van der Waals surface area (Å²) in [6.45, 7) is 30.2. The molecule has 0 aromatic heterocycles. The van der Waals surface area contributed by atoms with Crippen LogP contribution in [-0.4, -0.2) is 51.7 Å². The molecule has 0 rings (SSSR count). The third kappa shape index (κ3) is 7.32. The number of hydrogen-bond acceptors (Lipinski definition) is 3. The Balaban J connectivity index is 5.69. The minimum Gasteiger partial charge on any atom is -0.412 e. The normalized spacial score (nSPS) is 15.6. The Labute approximate surface area is 190 Å². The van der Waals surface area contributed by atoms with Gasteiger partial charge in [0.2, 0.25) is 5.91 Å². The molecule has 0 bridgehead atoms. The average Bonchev–Trinajstić information content (AvgIpc) is 2.62. The Morgan fingerprint density at radius 1 is 1.03 bits per heavy atom. The molecular weight excluding hydrogens is 404 g/mol. The van der Waals surface area contributed by atoms with Gasteiger partial charge in [0.1, 0.15) is 0 Å². The molecule has 0 aliphatic heterocycles. The second-order valence-corrected chi connectivity index (χ2v) is 20.1. The number of nitrogens with zero attached hydrogens (tertiary/aromatic N) is 1. The minimum absolute atomic E-state index is 0.00190. The molecule has 1 unspecified atom stereocenters. The number of amides is 1. The number of hydrogen-bond donors (Lipinski definition) is 1. The van der Waals surface area contributed by atoms with E-state index >= 15 is 0 Å². The zero-order chi connectivity index (χ0) is 24.0. The molecule has 178 valence electrons. The van der Waals surface area contributed by atoms with Gasteiger partial charge in [-0.1, -0.05) is 53.8 Å². The lowest BCUT2D eigenvalue weighted by atomic mass is 10.0. The van der Waals surface area contributed by atoms with Gasteiger partial charge in [0, 0.05) is 19.1 Å². The molecule has 1 N–H and O–H groups in total. The quantitative estimate of drug-likeness (QED) is 0.254. The third-order valence-corrected chi connectivity index (χ3v) is 16.5. The predicted octanol–water partition coefficient (Wildman–Crippen LogP) is 6.49. The van der Waals surface area contributed by atoms with E-state index in [9.17, 15) is 4.79 Å². The summed E-state index contributed by atoms with van der Waals surface area (Å²) in [4.78, 5) is 17.6. The van der Waals surface area contributed by atoms with E-state index in [2.05, 4.69) is 86.2 Å². The van der Waals surface area contributed by atoms with Crippen molar-refractivity contribution in [3.8, 4) is 0 Å². The summed E-state index contributed by atoms with van der Waals surface area (Å²) in [6.07, 6.45) is 6.65. The van der Waals surface area contributed by atoms with Crippen LogP contribution in [0.4, 0.5) is 0 Å². The first-order valence-electron chi connectivity index (χ1n) is 11.8. The highest BCUT2D eigenvalue weighted by molar-refractivity contribution is 6.80. The maximum Gasteiger partial charge on any atom is 0.245 e. The van der Waals surface area contributed by atoms with E-state index in [4.69, 9.17) is 4.43 Å². The number of carbonyl (C=O) groups excluding carboxylic acids is 1. The van der Waals surface area contributed by atoms with Crippen molar-refractivity contribution in [3.63, 3.8) is 0 Å². The van der Waals surface area contributed by atoms with Gasteiger partial charge < -0.3 is 14.3 Å². The van der Waals surface area contributed by atoms with E-state index in [1.54, 1.807) is 4.90 Å². The summed E-state index contributed by atoms with van der Waals surface area (Å²) in [5.74, 6) is -0.00190. The van der Waals surface area contributed by atoms with E-state index in [0.717, 1.165) is 38.6 Å². The molecule has 0 aliphatic rings. The highest BCUT2D eigenvalue weighted by Crippen LogP contribution is 2.49. The van der Waals surface area contributed by atoms with Crippen molar-refractivity contribution in [2.75, 3.05) is 13.6 Å². The van der Waals surface area contributed by atoms with E-state index in [0.29, 0.717) is 0 Å². The number of carbonyl (C=O) groups is 1. The van der Waals surface area contributed by atoms with Gasteiger partial charge in [0.05, 0.1) is 5.22 Å². The fourth-order valence-electron chi connectivity index (χ4n) is 4.94. The van der Waals surface area contributed by atoms with Gasteiger partial charge in [0.15, 0.2) is 16.6 Å². The first kappa shape index (κ1) is 29.6. The van der Waals surface area contributed by atoms with Crippen LogP contribution < -0.4 is 4.98 Å². The minimum atomic E-state index is -2.06. The van der Waals surface area contributed by atoms with Gasteiger partial charge in [-0.3, -0.25) is 4.79 Å². The maximum absolute atomic E-state index is 11.8. The Morgan fingerprint density at radius 3 is 1.90 bits per heavy atom. The van der Waals surface area contributed by atoms with Crippen molar-refractivity contribution in [2.45, 2.75) is 123 Å². The topological polar surface area (TPSA) is 41.6 Å². The van der Waals surface area contributed by atoms with Crippen molar-refractivity contribution in [1.82, 2.24) is 9.88 Å². The van der Waals surface area contributed by atoms with Crippen molar-refractivity contribution in [1.29, 1.82) is 0 Å². The van der Waals surface area contributed by atoms with E-state index in [-0.39, 0.29) is 21.7 Å². The standard InChI is InChI=1S/C24H52N2O2Si2/c1-14-21(27)26(9)20-18-19-23(8,15-2)30(12,13)28-24(16-3,17-4)29(10,11)25-22(5,6)7/h14,25H,1,15-20H2,2-13H3. The third-order valence-electron chi connectivity index (χ3n) is 7.43. The van der Waals surface area contributed by atoms with Gasteiger partial charge in [-0.05, 0) is 70.7 Å². The van der Waals surface area contributed by atoms with Crippen molar-refractivity contribution in [3.05, 3.63) is 12.7 Å². The molecule has 4 nitrogen and oxygen atoms in total. The van der Waals surface area contributed by atoms with Crippen LogP contribution in [0.15, 0.2) is 12.7 Å². The summed E-state index contributed by atoms with van der Waals surface area (Å²) in [7, 11) is -2.09. The van der Waals surface area contributed by atoms with Gasteiger partial charge >= 0.3 is 0 Å². The number of nitrogens with one attached hydrogen (secondary N) is 1. The second kappa shape index (κ2) is 10.9. The molecular formula is C24H52N2O2Si2. The Bertz CT molecular complexity index is 566. The largest absolute Gasteiger partial charge is 0.412 e. The Kier molecular flexibility index (Phi) is 10.8. The summed E-state index contributed by atoms with van der Waals surface area (Å²) < 4.78 is 7.36. The molecule has 30 heavy (non-hydrogen) atoms. The molecule has 0 fully saturated rings. The zero-order valence-corrected chi connectivity index (χ0v) is 24.3. The lowest BCUT2D eigenvalue weighted by Gasteiger charge is -2.54. The SMILES string of the molecule is C=CC(=O)N(C)CCCC(C)(CC)[Si](C)(C)OC(CC)(CC)[Si](C)(C)NC(C)(C)C. The summed E-state index contributed by atoms with van der Waals surface area (Å²) in [5, 5.41) is 0.0783. The van der Waals surface area contributed by atoms with Crippen LogP contribution in [0.5, 0.6) is 0 Å². The molecule has 0 heterocycles. The van der Waals surface area contributed by atoms with Crippen LogP contribution in [0.1, 0.15) is 80.6 Å². The smallest absolute Gasteiger partial charge is 0.245 e. The fraction of sp³-hybridized carbons (Fsp3) is 0.875. The van der Waals surface area contributed by atoms with E-state index < -0.39 is 16.6 Å². The van der Waals surface area contributed by atoms with Crippen LogP contribution in [0.25, 0.3) is 0 Å². The van der Waals surface area contributed by atoms with Gasteiger partial charge in [0.25, 0.3) is 0 Å². The Hall–Kier alpha value is -0.436. The molecule has 0 aromatic carbocycles. The summed E-state index contributed by atoms with van der Waals surface area (Å²) >= 11 is 0. The second-order valence-electron chi connectivity index (χ2n) is 11.3. The molecule has 1 amide bonds. The van der Waals surface area contributed by atoms with Gasteiger partial charge in [-0.25, -0.2) is 0 Å². The molecule has 1 atom stereocenters. The maximum atomic E-state index is 11.8. The summed E-state index contributed by atoms with van der Waals surface area (Å²) in [6, 6.07) is 0. The van der Waals surface area contributed by atoms with Crippen molar-refractivity contribution in [2.24, 2.45) is 0 Å². The monoisotopic (exact) mass is 456 g/mol. The lowest BCUT2D eigenvalue weighted by molar-refractivity contribution is -0.124. The fourth-order valence-corrected chi connectivity index (χ4v) is 13.7. The van der Waals surface area contributed by atoms with Crippen LogP contribution in [0, 0.1) is 0 Å². The van der Waals surface area contributed by atoms with Crippen molar-refractivity contribution < 1.29 is 9.22 Å². The molecule has 0 spiro atoms. The van der Waals surface area contributed by atoms with Crippen LogP contribution in [0.2, 0.25) is 31.2 Å². The summed E-state index contributed by atoms with van der Waals surface area (Å²) in [5.41, 5.74) is 0.0801. The van der Waals surface area contributed by atoms with Crippen LogP contribution >= 0.6 is 0 Å². The number of rotatable bonds is 13. The average molecular weight is 457 g/mol. The first-order valence-corrected chi connectivity index (χ1v) is 17.7.